The summed E-state index contributed by atoms with van der Waals surface area (Å²) in [5.74, 6) is -0.908. The molecule has 1 aromatic carbocycles. The van der Waals surface area contributed by atoms with Gasteiger partial charge >= 0.3 is 5.97 Å². The van der Waals surface area contributed by atoms with Gasteiger partial charge < -0.3 is 10.2 Å². The third kappa shape index (κ3) is 3.09. The molecule has 18 heavy (non-hydrogen) atoms. The van der Waals surface area contributed by atoms with E-state index in [1.807, 2.05) is 30.3 Å². The highest BCUT2D eigenvalue weighted by molar-refractivity contribution is 5.77. The molecule has 1 unspecified atom stereocenters. The van der Waals surface area contributed by atoms with Crippen LogP contribution >= 0.6 is 0 Å². The van der Waals surface area contributed by atoms with Crippen molar-refractivity contribution in [1.29, 1.82) is 0 Å². The molecule has 1 atom stereocenters. The molecule has 0 bridgehead atoms. The van der Waals surface area contributed by atoms with Gasteiger partial charge in [0.2, 0.25) is 0 Å². The Morgan fingerprint density at radius 1 is 1.22 bits per heavy atom. The van der Waals surface area contributed by atoms with Crippen molar-refractivity contribution in [3.63, 3.8) is 0 Å². The molecule has 0 aliphatic rings. The van der Waals surface area contributed by atoms with Gasteiger partial charge in [0.25, 0.3) is 0 Å². The van der Waals surface area contributed by atoms with Crippen molar-refractivity contribution in [1.82, 2.24) is 4.90 Å². The number of nitrogens with zero attached hydrogens (tertiary/aromatic N) is 1. The summed E-state index contributed by atoms with van der Waals surface area (Å²) in [4.78, 5) is 12.8. The number of β-amino-alcohol motifs (C(OH)–C–C–N with tert-alkyl or cyclic N) is 1. The van der Waals surface area contributed by atoms with Gasteiger partial charge in [-0.05, 0) is 33.4 Å². The number of carbonyl (C=O) groups is 1. The zero-order valence-electron chi connectivity index (χ0n) is 11.3. The van der Waals surface area contributed by atoms with Crippen LogP contribution in [0.3, 0.4) is 0 Å². The molecule has 0 heterocycles. The second kappa shape index (κ2) is 5.08. The summed E-state index contributed by atoms with van der Waals surface area (Å²) in [7, 11) is 1.70. The van der Waals surface area contributed by atoms with E-state index in [2.05, 4.69) is 0 Å². The van der Waals surface area contributed by atoms with E-state index in [0.717, 1.165) is 5.56 Å². The Morgan fingerprint density at radius 3 is 2.17 bits per heavy atom. The predicted octanol–water partition coefficient (Wildman–Crippen LogP) is 1.69. The van der Waals surface area contributed by atoms with Crippen molar-refractivity contribution in [2.75, 3.05) is 13.6 Å². The van der Waals surface area contributed by atoms with E-state index in [9.17, 15) is 9.90 Å². The van der Waals surface area contributed by atoms with Crippen LogP contribution in [-0.4, -0.2) is 40.2 Å². The minimum atomic E-state index is -1.08. The van der Waals surface area contributed by atoms with Crippen LogP contribution in [0, 0.1) is 0 Å². The monoisotopic (exact) mass is 251 g/mol. The molecule has 100 valence electrons. The first kappa shape index (κ1) is 14.7. The SMILES string of the molecule is CN(CC(C)(O)c1ccccc1)C(C)(C)C(=O)O. The van der Waals surface area contributed by atoms with Gasteiger partial charge in [-0.15, -0.1) is 0 Å². The van der Waals surface area contributed by atoms with Crippen molar-refractivity contribution in [3.8, 4) is 0 Å². The lowest BCUT2D eigenvalue weighted by Gasteiger charge is -2.37. The first-order chi connectivity index (χ1) is 8.18. The Hall–Kier alpha value is -1.39. The van der Waals surface area contributed by atoms with Crippen molar-refractivity contribution >= 4 is 5.97 Å². The van der Waals surface area contributed by atoms with Crippen LogP contribution in [0.4, 0.5) is 0 Å². The topological polar surface area (TPSA) is 60.8 Å². The summed E-state index contributed by atoms with van der Waals surface area (Å²) in [6, 6.07) is 9.26. The highest BCUT2D eigenvalue weighted by Gasteiger charge is 2.36. The van der Waals surface area contributed by atoms with E-state index in [-0.39, 0.29) is 6.54 Å². The lowest BCUT2D eigenvalue weighted by molar-refractivity contribution is -0.150. The molecule has 2 N–H and O–H groups in total. The van der Waals surface area contributed by atoms with Crippen molar-refractivity contribution in [2.45, 2.75) is 31.9 Å². The van der Waals surface area contributed by atoms with Crippen molar-refractivity contribution < 1.29 is 15.0 Å². The summed E-state index contributed by atoms with van der Waals surface area (Å²) < 4.78 is 0. The summed E-state index contributed by atoms with van der Waals surface area (Å²) in [5, 5.41) is 19.6. The number of rotatable bonds is 5. The van der Waals surface area contributed by atoms with Gasteiger partial charge in [0.15, 0.2) is 0 Å². The minimum absolute atomic E-state index is 0.246. The molecule has 1 rings (SSSR count). The van der Waals surface area contributed by atoms with Gasteiger partial charge in [0.1, 0.15) is 5.54 Å². The van der Waals surface area contributed by atoms with Gasteiger partial charge in [-0.25, -0.2) is 0 Å². The molecule has 0 radical (unpaired) electrons. The molecule has 0 spiro atoms. The van der Waals surface area contributed by atoms with E-state index in [0.29, 0.717) is 0 Å². The molecule has 0 amide bonds. The predicted molar refractivity (Wildman–Crippen MR) is 70.4 cm³/mol. The second-order valence-corrected chi connectivity index (χ2v) is 5.36. The normalized spacial score (nSPS) is 15.4. The summed E-state index contributed by atoms with van der Waals surface area (Å²) in [6.45, 7) is 5.18. The van der Waals surface area contributed by atoms with E-state index in [1.54, 1.807) is 32.7 Å². The van der Waals surface area contributed by atoms with Gasteiger partial charge in [-0.3, -0.25) is 9.69 Å². The van der Waals surface area contributed by atoms with E-state index >= 15 is 0 Å². The summed E-state index contributed by atoms with van der Waals surface area (Å²) in [5.41, 5.74) is -1.32. The molecule has 1 aromatic rings. The highest BCUT2D eigenvalue weighted by atomic mass is 16.4. The molecular weight excluding hydrogens is 230 g/mol. The average molecular weight is 251 g/mol. The quantitative estimate of drug-likeness (QED) is 0.836. The zero-order valence-corrected chi connectivity index (χ0v) is 11.3. The number of carboxylic acid groups (broad SMARTS) is 1. The fourth-order valence-electron chi connectivity index (χ4n) is 1.71. The number of aliphatic hydroxyl groups is 1. The number of aliphatic carboxylic acids is 1. The average Bonchev–Trinajstić information content (AvgIpc) is 2.29. The molecule has 0 aliphatic carbocycles. The van der Waals surface area contributed by atoms with Crippen molar-refractivity contribution in [2.24, 2.45) is 0 Å². The van der Waals surface area contributed by atoms with Crippen LogP contribution in [0.5, 0.6) is 0 Å². The Morgan fingerprint density at radius 2 is 1.72 bits per heavy atom. The second-order valence-electron chi connectivity index (χ2n) is 5.36. The zero-order chi connectivity index (χ0) is 14.0. The smallest absolute Gasteiger partial charge is 0.323 e. The standard InChI is InChI=1S/C14H21NO3/c1-13(2,12(16)17)15(4)10-14(3,18)11-8-6-5-7-9-11/h5-9,18H,10H2,1-4H3,(H,16,17). The third-order valence-electron chi connectivity index (χ3n) is 3.42. The minimum Gasteiger partial charge on any atom is -0.480 e. The molecule has 4 nitrogen and oxygen atoms in total. The maximum Gasteiger partial charge on any atom is 0.323 e. The maximum atomic E-state index is 11.2. The Labute approximate surface area is 108 Å². The molecule has 0 aliphatic heterocycles. The van der Waals surface area contributed by atoms with Gasteiger partial charge in [0, 0.05) is 6.54 Å². The molecule has 0 saturated heterocycles. The van der Waals surface area contributed by atoms with E-state index in [1.165, 1.54) is 0 Å². The summed E-state index contributed by atoms with van der Waals surface area (Å²) in [6.07, 6.45) is 0. The van der Waals surface area contributed by atoms with E-state index in [4.69, 9.17) is 5.11 Å². The Bertz CT molecular complexity index is 412. The van der Waals surface area contributed by atoms with Gasteiger partial charge in [-0.2, -0.15) is 0 Å². The molecule has 0 aromatic heterocycles. The Kier molecular flexibility index (Phi) is 4.14. The van der Waals surface area contributed by atoms with Crippen LogP contribution in [-0.2, 0) is 10.4 Å². The number of carboxylic acids is 1. The van der Waals surface area contributed by atoms with Gasteiger partial charge in [-0.1, -0.05) is 30.3 Å². The maximum absolute atomic E-state index is 11.2. The lowest BCUT2D eigenvalue weighted by Crippen LogP contribution is -2.52. The largest absolute Gasteiger partial charge is 0.480 e. The first-order valence-corrected chi connectivity index (χ1v) is 5.90. The van der Waals surface area contributed by atoms with Crippen LogP contribution in [0.2, 0.25) is 0 Å². The first-order valence-electron chi connectivity index (χ1n) is 5.90. The Balaban J connectivity index is 2.87. The van der Waals surface area contributed by atoms with Crippen LogP contribution in [0.15, 0.2) is 30.3 Å². The summed E-state index contributed by atoms with van der Waals surface area (Å²) >= 11 is 0. The molecule has 0 fully saturated rings. The third-order valence-corrected chi connectivity index (χ3v) is 3.42. The fourth-order valence-corrected chi connectivity index (χ4v) is 1.71. The van der Waals surface area contributed by atoms with Crippen molar-refractivity contribution in [3.05, 3.63) is 35.9 Å². The highest BCUT2D eigenvalue weighted by Crippen LogP contribution is 2.24. The fraction of sp³-hybridized carbons (Fsp3) is 0.500. The van der Waals surface area contributed by atoms with E-state index < -0.39 is 17.1 Å². The lowest BCUT2D eigenvalue weighted by atomic mass is 9.93. The number of hydrogen-bond acceptors (Lipinski definition) is 3. The molecule has 4 heteroatoms. The van der Waals surface area contributed by atoms with Crippen LogP contribution < -0.4 is 0 Å². The molecule has 0 saturated carbocycles. The van der Waals surface area contributed by atoms with Crippen LogP contribution in [0.1, 0.15) is 26.3 Å². The van der Waals surface area contributed by atoms with Gasteiger partial charge in [0.05, 0.1) is 5.60 Å². The number of likely N-dealkylation sites (N-methyl/N-ethyl adjacent to an activating group) is 1. The van der Waals surface area contributed by atoms with Crippen LogP contribution in [0.25, 0.3) is 0 Å². The number of benzene rings is 1. The molecular formula is C14H21NO3. The number of hydrogen-bond donors (Lipinski definition) is 2.